The van der Waals surface area contributed by atoms with Crippen LogP contribution in [0.1, 0.15) is 0 Å². The van der Waals surface area contributed by atoms with Crippen LogP contribution in [0, 0.1) is 11.6 Å². The van der Waals surface area contributed by atoms with Gasteiger partial charge in [-0.25, -0.2) is 13.7 Å². The first-order valence-electron chi connectivity index (χ1n) is 8.84. The Balaban J connectivity index is 1.50. The number of fused-ring (bicyclic) bond motifs is 1. The number of imide groups is 1. The second-order valence-electron chi connectivity index (χ2n) is 6.55. The monoisotopic (exact) mass is 415 g/mol. The van der Waals surface area contributed by atoms with Gasteiger partial charge in [0, 0.05) is 6.07 Å². The lowest BCUT2D eigenvalue weighted by atomic mass is 10.1. The lowest BCUT2D eigenvalue weighted by Gasteiger charge is -2.20. The molecule has 2 aromatic carbocycles. The Hall–Kier alpha value is -3.89. The molecule has 3 amide bonds. The molecule has 2 aromatic rings. The van der Waals surface area contributed by atoms with E-state index in [-0.39, 0.29) is 12.2 Å². The van der Waals surface area contributed by atoms with E-state index >= 15 is 0 Å². The molecule has 2 heterocycles. The smallest absolute Gasteiger partial charge is 0.263 e. The summed E-state index contributed by atoms with van der Waals surface area (Å²) in [6.07, 6.45) is 0. The SMILES string of the molecule is COc1ccccc1NC(=O)CN1N=N[C@@H]2C(=O)N(c3ccc(F)c(F)c3)C(=O)[C@H]21. The van der Waals surface area contributed by atoms with Crippen LogP contribution in [0.3, 0.4) is 0 Å². The predicted molar refractivity (Wildman–Crippen MR) is 99.6 cm³/mol. The number of hydrogen-bond acceptors (Lipinski definition) is 7. The normalized spacial score (nSPS) is 20.0. The van der Waals surface area contributed by atoms with Gasteiger partial charge in [0.05, 0.1) is 18.5 Å². The first-order valence-corrected chi connectivity index (χ1v) is 8.84. The van der Waals surface area contributed by atoms with Crippen LogP contribution in [-0.2, 0) is 14.4 Å². The molecule has 0 radical (unpaired) electrons. The minimum Gasteiger partial charge on any atom is -0.495 e. The molecule has 2 aliphatic rings. The number of methoxy groups -OCH3 is 1. The van der Waals surface area contributed by atoms with Crippen molar-refractivity contribution in [1.82, 2.24) is 5.01 Å². The molecule has 0 unspecified atom stereocenters. The minimum absolute atomic E-state index is 0.119. The summed E-state index contributed by atoms with van der Waals surface area (Å²) < 4.78 is 31.9. The van der Waals surface area contributed by atoms with Crippen molar-refractivity contribution in [2.45, 2.75) is 12.1 Å². The standard InChI is InChI=1S/C19H15F2N5O4/c1-30-14-5-3-2-4-13(14)22-15(27)9-25-17-16(23-24-25)18(28)26(19(17)29)10-6-7-11(20)12(21)8-10/h2-8,16-17H,9H2,1H3,(H,22,27)/t16-,17-/m0/s1. The lowest BCUT2D eigenvalue weighted by Crippen LogP contribution is -2.43. The summed E-state index contributed by atoms with van der Waals surface area (Å²) >= 11 is 0. The highest BCUT2D eigenvalue weighted by molar-refractivity contribution is 6.25. The van der Waals surface area contributed by atoms with Gasteiger partial charge < -0.3 is 10.1 Å². The number of rotatable bonds is 5. The molecule has 0 spiro atoms. The number of carbonyl (C=O) groups is 3. The van der Waals surface area contributed by atoms with E-state index in [0.29, 0.717) is 11.4 Å². The van der Waals surface area contributed by atoms with Gasteiger partial charge in [0.1, 0.15) is 12.3 Å². The number of anilines is 2. The van der Waals surface area contributed by atoms with E-state index in [9.17, 15) is 23.2 Å². The molecule has 154 valence electrons. The Kier molecular flexibility index (Phi) is 4.86. The minimum atomic E-state index is -1.19. The highest BCUT2D eigenvalue weighted by Gasteiger charge is 2.55. The van der Waals surface area contributed by atoms with Gasteiger partial charge in [-0.2, -0.15) is 5.11 Å². The zero-order valence-electron chi connectivity index (χ0n) is 15.6. The second-order valence-corrected chi connectivity index (χ2v) is 6.55. The zero-order chi connectivity index (χ0) is 21.4. The third-order valence-corrected chi connectivity index (χ3v) is 4.71. The molecule has 2 aliphatic heterocycles. The Morgan fingerprint density at radius 1 is 1.13 bits per heavy atom. The summed E-state index contributed by atoms with van der Waals surface area (Å²) in [5.74, 6) is -3.82. The summed E-state index contributed by atoms with van der Waals surface area (Å²) in [4.78, 5) is 38.6. The fourth-order valence-electron chi connectivity index (χ4n) is 3.32. The van der Waals surface area contributed by atoms with Crippen molar-refractivity contribution < 1.29 is 27.9 Å². The van der Waals surface area contributed by atoms with Crippen molar-refractivity contribution in [2.24, 2.45) is 10.3 Å². The lowest BCUT2D eigenvalue weighted by molar-refractivity contribution is -0.123. The molecule has 0 aliphatic carbocycles. The average Bonchev–Trinajstić information content (AvgIpc) is 3.24. The van der Waals surface area contributed by atoms with Crippen LogP contribution in [0.4, 0.5) is 20.2 Å². The molecule has 30 heavy (non-hydrogen) atoms. The van der Waals surface area contributed by atoms with Gasteiger partial charge in [0.2, 0.25) is 5.91 Å². The van der Waals surface area contributed by atoms with Crippen LogP contribution in [-0.4, -0.2) is 48.5 Å². The number of nitrogens with zero attached hydrogens (tertiary/aromatic N) is 4. The van der Waals surface area contributed by atoms with Crippen LogP contribution in [0.25, 0.3) is 0 Å². The molecule has 1 saturated heterocycles. The van der Waals surface area contributed by atoms with Crippen LogP contribution in [0.15, 0.2) is 52.8 Å². The number of halogens is 2. The Labute approximate surface area is 168 Å². The molecule has 1 fully saturated rings. The summed E-state index contributed by atoms with van der Waals surface area (Å²) in [5, 5.41) is 11.3. The van der Waals surface area contributed by atoms with Crippen molar-refractivity contribution in [3.63, 3.8) is 0 Å². The number of carbonyl (C=O) groups excluding carboxylic acids is 3. The van der Waals surface area contributed by atoms with E-state index in [1.165, 1.54) is 7.11 Å². The zero-order valence-corrected chi connectivity index (χ0v) is 15.6. The van der Waals surface area contributed by atoms with Gasteiger partial charge in [0.25, 0.3) is 11.8 Å². The van der Waals surface area contributed by atoms with E-state index in [1.54, 1.807) is 24.3 Å². The fourth-order valence-corrected chi connectivity index (χ4v) is 3.32. The molecule has 2 atom stereocenters. The number of amides is 3. The molecule has 1 N–H and O–H groups in total. The van der Waals surface area contributed by atoms with Crippen LogP contribution >= 0.6 is 0 Å². The third-order valence-electron chi connectivity index (χ3n) is 4.71. The summed E-state index contributed by atoms with van der Waals surface area (Å²) in [6.45, 7) is -0.354. The largest absolute Gasteiger partial charge is 0.495 e. The van der Waals surface area contributed by atoms with E-state index in [2.05, 4.69) is 15.7 Å². The number of ether oxygens (including phenoxy) is 1. The molecule has 0 aromatic heterocycles. The van der Waals surface area contributed by atoms with E-state index in [4.69, 9.17) is 4.74 Å². The molecule has 11 heteroatoms. The van der Waals surface area contributed by atoms with Gasteiger partial charge >= 0.3 is 0 Å². The predicted octanol–water partition coefficient (Wildman–Crippen LogP) is 1.91. The van der Waals surface area contributed by atoms with Gasteiger partial charge in [-0.1, -0.05) is 17.4 Å². The Bertz CT molecular complexity index is 1080. The Morgan fingerprint density at radius 2 is 1.90 bits per heavy atom. The maximum atomic E-state index is 13.6. The van der Waals surface area contributed by atoms with Gasteiger partial charge in [-0.3, -0.25) is 19.4 Å². The van der Waals surface area contributed by atoms with Crippen molar-refractivity contribution >= 4 is 29.1 Å². The molecule has 9 nitrogen and oxygen atoms in total. The van der Waals surface area contributed by atoms with Gasteiger partial charge in [0.15, 0.2) is 23.7 Å². The molecule has 0 saturated carbocycles. The maximum Gasteiger partial charge on any atom is 0.263 e. The number of hydrogen-bond donors (Lipinski definition) is 1. The summed E-state index contributed by atoms with van der Waals surface area (Å²) in [5.41, 5.74) is 0.307. The number of benzene rings is 2. The van der Waals surface area contributed by atoms with E-state index < -0.39 is 41.4 Å². The average molecular weight is 415 g/mol. The van der Waals surface area contributed by atoms with Crippen LogP contribution in [0.5, 0.6) is 5.75 Å². The van der Waals surface area contributed by atoms with Crippen molar-refractivity contribution in [3.05, 3.63) is 54.1 Å². The number of nitrogens with one attached hydrogen (secondary N) is 1. The topological polar surface area (TPSA) is 104 Å². The maximum absolute atomic E-state index is 13.6. The first kappa shape index (κ1) is 19.4. The molecular weight excluding hydrogens is 400 g/mol. The second kappa shape index (κ2) is 7.50. The van der Waals surface area contributed by atoms with E-state index in [0.717, 1.165) is 28.1 Å². The van der Waals surface area contributed by atoms with Crippen LogP contribution < -0.4 is 15.0 Å². The third kappa shape index (κ3) is 3.23. The van der Waals surface area contributed by atoms with Crippen molar-refractivity contribution in [3.8, 4) is 5.75 Å². The summed E-state index contributed by atoms with van der Waals surface area (Å²) in [7, 11) is 1.46. The molecular formula is C19H15F2N5O4. The van der Waals surface area contributed by atoms with Gasteiger partial charge in [-0.15, -0.1) is 0 Å². The summed E-state index contributed by atoms with van der Waals surface area (Å²) in [6, 6.07) is 7.14. The molecule has 4 rings (SSSR count). The van der Waals surface area contributed by atoms with E-state index in [1.807, 2.05) is 0 Å². The Morgan fingerprint density at radius 3 is 2.63 bits per heavy atom. The van der Waals surface area contributed by atoms with Crippen LogP contribution in [0.2, 0.25) is 0 Å². The fraction of sp³-hybridized carbons (Fsp3) is 0.211. The van der Waals surface area contributed by atoms with Gasteiger partial charge in [-0.05, 0) is 24.3 Å². The highest BCUT2D eigenvalue weighted by atomic mass is 19.2. The highest BCUT2D eigenvalue weighted by Crippen LogP contribution is 2.32. The first-order chi connectivity index (χ1) is 14.4. The molecule has 0 bridgehead atoms. The van der Waals surface area contributed by atoms with Crippen molar-refractivity contribution in [1.29, 1.82) is 0 Å². The van der Waals surface area contributed by atoms with Crippen molar-refractivity contribution in [2.75, 3.05) is 23.9 Å². The quantitative estimate of drug-likeness (QED) is 0.752. The number of para-hydroxylation sites is 2.